The average molecular weight is 413 g/mol. The Kier molecular flexibility index (Phi) is 10.2. The molecule has 2 aromatic rings. The first-order valence-corrected chi connectivity index (χ1v) is 10.1. The number of guanidine groups is 1. The van der Waals surface area contributed by atoms with Crippen molar-refractivity contribution in [3.05, 3.63) is 65.7 Å². The summed E-state index contributed by atoms with van der Waals surface area (Å²) in [5.41, 5.74) is 2.17. The van der Waals surface area contributed by atoms with Crippen LogP contribution in [-0.2, 0) is 22.7 Å². The highest BCUT2D eigenvalue weighted by molar-refractivity contribution is 5.86. The van der Waals surface area contributed by atoms with Crippen LogP contribution in [0.5, 0.6) is 5.75 Å². The monoisotopic (exact) mass is 412 g/mol. The predicted molar refractivity (Wildman–Crippen MR) is 119 cm³/mol. The van der Waals surface area contributed by atoms with Crippen LogP contribution in [0.4, 0.5) is 0 Å². The maximum absolute atomic E-state index is 12.1. The molecule has 0 aliphatic heterocycles. The lowest BCUT2D eigenvalue weighted by molar-refractivity contribution is -0.120. The van der Waals surface area contributed by atoms with Gasteiger partial charge in [0.15, 0.2) is 5.96 Å². The molecule has 2 aromatic carbocycles. The van der Waals surface area contributed by atoms with E-state index >= 15 is 0 Å². The third-order valence-corrected chi connectivity index (χ3v) is 4.42. The number of ether oxygens (including phenoxy) is 2. The Bertz CT molecular complexity index is 779. The maximum Gasteiger partial charge on any atom is 0.239 e. The van der Waals surface area contributed by atoms with E-state index in [4.69, 9.17) is 9.47 Å². The van der Waals surface area contributed by atoms with Gasteiger partial charge in [-0.15, -0.1) is 0 Å². The van der Waals surface area contributed by atoms with E-state index in [9.17, 15) is 4.79 Å². The van der Waals surface area contributed by atoms with E-state index in [0.29, 0.717) is 38.2 Å². The Morgan fingerprint density at radius 2 is 1.73 bits per heavy atom. The first-order valence-electron chi connectivity index (χ1n) is 10.1. The van der Waals surface area contributed by atoms with Gasteiger partial charge in [0.05, 0.1) is 26.9 Å². The average Bonchev–Trinajstić information content (AvgIpc) is 2.78. The summed E-state index contributed by atoms with van der Waals surface area (Å²) in [5, 5.41) is 9.13. The van der Waals surface area contributed by atoms with Crippen LogP contribution >= 0.6 is 0 Å². The summed E-state index contributed by atoms with van der Waals surface area (Å²) in [6.45, 7) is 4.66. The molecule has 3 N–H and O–H groups in total. The molecule has 0 saturated heterocycles. The second-order valence-electron chi connectivity index (χ2n) is 7.04. The second kappa shape index (κ2) is 13.2. The molecule has 1 atom stereocenters. The van der Waals surface area contributed by atoms with Gasteiger partial charge in [0.25, 0.3) is 0 Å². The zero-order chi connectivity index (χ0) is 21.6. The molecule has 162 valence electrons. The number of carbonyl (C=O) groups excluding carboxylic acids is 1. The number of hydrogen-bond acceptors (Lipinski definition) is 4. The van der Waals surface area contributed by atoms with E-state index in [1.165, 1.54) is 0 Å². The minimum Gasteiger partial charge on any atom is -0.497 e. The first-order chi connectivity index (χ1) is 14.6. The molecule has 7 heteroatoms. The molecule has 0 saturated carbocycles. The van der Waals surface area contributed by atoms with E-state index in [-0.39, 0.29) is 12.5 Å². The summed E-state index contributed by atoms with van der Waals surface area (Å²) >= 11 is 0. The van der Waals surface area contributed by atoms with Gasteiger partial charge in [-0.05, 0) is 29.2 Å². The third kappa shape index (κ3) is 8.96. The molecule has 0 heterocycles. The number of nitrogens with one attached hydrogen (secondary N) is 3. The Balaban J connectivity index is 1.60. The molecule has 0 bridgehead atoms. The quantitative estimate of drug-likeness (QED) is 0.390. The summed E-state index contributed by atoms with van der Waals surface area (Å²) in [6.07, 6.45) is 0. The van der Waals surface area contributed by atoms with Crippen LogP contribution < -0.4 is 20.7 Å². The van der Waals surface area contributed by atoms with Crippen LogP contribution in [-0.4, -0.2) is 45.7 Å². The minimum atomic E-state index is -0.104. The summed E-state index contributed by atoms with van der Waals surface area (Å²) in [6, 6.07) is 17.7. The number of carbonyl (C=O) groups is 1. The van der Waals surface area contributed by atoms with Crippen LogP contribution in [0.25, 0.3) is 0 Å². The lowest BCUT2D eigenvalue weighted by atomic mass is 10.2. The normalized spacial score (nSPS) is 12.2. The highest BCUT2D eigenvalue weighted by Crippen LogP contribution is 2.10. The van der Waals surface area contributed by atoms with Crippen molar-refractivity contribution in [2.45, 2.75) is 20.1 Å². The fraction of sp³-hybridized carbons (Fsp3) is 0.391. The Morgan fingerprint density at radius 1 is 1.00 bits per heavy atom. The van der Waals surface area contributed by atoms with Gasteiger partial charge in [0, 0.05) is 20.1 Å². The molecule has 2 rings (SSSR count). The van der Waals surface area contributed by atoms with E-state index in [2.05, 4.69) is 27.9 Å². The van der Waals surface area contributed by atoms with Gasteiger partial charge in [-0.1, -0.05) is 49.4 Å². The van der Waals surface area contributed by atoms with Gasteiger partial charge >= 0.3 is 0 Å². The number of benzene rings is 2. The van der Waals surface area contributed by atoms with Gasteiger partial charge in [-0.3, -0.25) is 9.79 Å². The zero-order valence-electron chi connectivity index (χ0n) is 18.0. The van der Waals surface area contributed by atoms with Crippen LogP contribution in [0.3, 0.4) is 0 Å². The maximum atomic E-state index is 12.1. The molecule has 7 nitrogen and oxygen atoms in total. The van der Waals surface area contributed by atoms with E-state index in [0.717, 1.165) is 16.9 Å². The third-order valence-electron chi connectivity index (χ3n) is 4.42. The number of hydrogen-bond donors (Lipinski definition) is 3. The number of nitrogens with zero attached hydrogens (tertiary/aromatic N) is 1. The van der Waals surface area contributed by atoms with Crippen LogP contribution in [0, 0.1) is 5.92 Å². The number of methoxy groups -OCH3 is 1. The summed E-state index contributed by atoms with van der Waals surface area (Å²) < 4.78 is 10.9. The molecule has 0 spiro atoms. The molecule has 0 aliphatic carbocycles. The van der Waals surface area contributed by atoms with Gasteiger partial charge in [0.1, 0.15) is 5.75 Å². The topological polar surface area (TPSA) is 84.0 Å². The van der Waals surface area contributed by atoms with E-state index in [1.54, 1.807) is 14.2 Å². The highest BCUT2D eigenvalue weighted by atomic mass is 16.5. The Labute approximate surface area is 178 Å². The molecule has 0 fully saturated rings. The van der Waals surface area contributed by atoms with Crippen molar-refractivity contribution >= 4 is 11.9 Å². The summed E-state index contributed by atoms with van der Waals surface area (Å²) in [4.78, 5) is 16.2. The van der Waals surface area contributed by atoms with Gasteiger partial charge in [-0.25, -0.2) is 0 Å². The largest absolute Gasteiger partial charge is 0.497 e. The molecule has 30 heavy (non-hydrogen) atoms. The van der Waals surface area contributed by atoms with Crippen molar-refractivity contribution in [3.63, 3.8) is 0 Å². The number of amides is 1. The van der Waals surface area contributed by atoms with Crippen molar-refractivity contribution in [2.24, 2.45) is 10.9 Å². The molecule has 0 aliphatic rings. The number of rotatable bonds is 11. The van der Waals surface area contributed by atoms with Crippen molar-refractivity contribution in [3.8, 4) is 5.75 Å². The first kappa shape index (κ1) is 23.2. The smallest absolute Gasteiger partial charge is 0.239 e. The van der Waals surface area contributed by atoms with E-state index < -0.39 is 0 Å². The minimum absolute atomic E-state index is 0.104. The van der Waals surface area contributed by atoms with Crippen molar-refractivity contribution in [1.29, 1.82) is 0 Å². The SMILES string of the molecule is CN=C(NCC(=O)NCc1ccc(OC)cc1)NCC(C)COCc1ccccc1. The van der Waals surface area contributed by atoms with Gasteiger partial charge in [-0.2, -0.15) is 0 Å². The van der Waals surface area contributed by atoms with E-state index in [1.807, 2.05) is 54.6 Å². The standard InChI is InChI=1S/C23H32N4O3/c1-18(16-30-17-20-7-5-4-6-8-20)13-26-23(24-2)27-15-22(28)25-14-19-9-11-21(29-3)12-10-19/h4-12,18H,13-17H2,1-3H3,(H,25,28)(H2,24,26,27). The van der Waals surface area contributed by atoms with Crippen molar-refractivity contribution in [1.82, 2.24) is 16.0 Å². The summed E-state index contributed by atoms with van der Waals surface area (Å²) in [5.74, 6) is 1.58. The summed E-state index contributed by atoms with van der Waals surface area (Å²) in [7, 11) is 3.31. The fourth-order valence-corrected chi connectivity index (χ4v) is 2.67. The molecule has 0 aromatic heterocycles. The second-order valence-corrected chi connectivity index (χ2v) is 7.04. The van der Waals surface area contributed by atoms with Gasteiger partial charge in [0.2, 0.25) is 5.91 Å². The highest BCUT2D eigenvalue weighted by Gasteiger charge is 2.07. The lowest BCUT2D eigenvalue weighted by Crippen LogP contribution is -2.44. The van der Waals surface area contributed by atoms with Crippen molar-refractivity contribution < 1.29 is 14.3 Å². The zero-order valence-corrected chi connectivity index (χ0v) is 18.0. The van der Waals surface area contributed by atoms with Gasteiger partial charge < -0.3 is 25.4 Å². The lowest BCUT2D eigenvalue weighted by Gasteiger charge is -2.16. The Hall–Kier alpha value is -3.06. The molecular formula is C23H32N4O3. The van der Waals surface area contributed by atoms with Crippen LogP contribution in [0.2, 0.25) is 0 Å². The number of aliphatic imine (C=N–C) groups is 1. The van der Waals surface area contributed by atoms with Crippen LogP contribution in [0.1, 0.15) is 18.1 Å². The van der Waals surface area contributed by atoms with Crippen molar-refractivity contribution in [2.75, 3.05) is 33.9 Å². The fourth-order valence-electron chi connectivity index (χ4n) is 2.67. The molecule has 0 radical (unpaired) electrons. The van der Waals surface area contributed by atoms with Crippen LogP contribution in [0.15, 0.2) is 59.6 Å². The molecule has 1 amide bonds. The predicted octanol–water partition coefficient (Wildman–Crippen LogP) is 2.33. The Morgan fingerprint density at radius 3 is 2.40 bits per heavy atom. The molecular weight excluding hydrogens is 380 g/mol. The molecule has 1 unspecified atom stereocenters.